The molecule has 0 N–H and O–H groups in total. The molecule has 0 radical (unpaired) electrons. The smallest absolute Gasteiger partial charge is 0.179 e. The van der Waals surface area contributed by atoms with E-state index in [1.54, 1.807) is 6.26 Å². The van der Waals surface area contributed by atoms with Crippen molar-refractivity contribution in [1.29, 1.82) is 0 Å². The van der Waals surface area contributed by atoms with E-state index in [0.717, 1.165) is 35.6 Å². The van der Waals surface area contributed by atoms with E-state index in [1.807, 2.05) is 32.0 Å². The molecule has 4 heteroatoms. The van der Waals surface area contributed by atoms with Gasteiger partial charge in [0.1, 0.15) is 5.76 Å². The lowest BCUT2D eigenvalue weighted by molar-refractivity contribution is 0.102. The van der Waals surface area contributed by atoms with Crippen LogP contribution in [0.5, 0.6) is 0 Å². The Morgan fingerprint density at radius 2 is 2.20 bits per heavy atom. The highest BCUT2D eigenvalue weighted by molar-refractivity contribution is 6.30. The molecule has 1 unspecified atom stereocenters. The van der Waals surface area contributed by atoms with E-state index in [2.05, 4.69) is 11.5 Å². The Bertz CT molecular complexity index is 584. The number of carbonyl (C=O) groups is 1. The molecule has 0 aromatic carbocycles. The average Bonchev–Trinajstić information content (AvgIpc) is 3.03. The van der Waals surface area contributed by atoms with Crippen LogP contribution in [-0.4, -0.2) is 16.2 Å². The van der Waals surface area contributed by atoms with Crippen LogP contribution in [0.2, 0.25) is 0 Å². The third-order valence-electron chi connectivity index (χ3n) is 3.74. The van der Waals surface area contributed by atoms with Crippen molar-refractivity contribution in [3.8, 4) is 0 Å². The van der Waals surface area contributed by atoms with Gasteiger partial charge in [0.25, 0.3) is 0 Å². The van der Waals surface area contributed by atoms with E-state index in [4.69, 9.17) is 16.0 Å². The minimum Gasteiger partial charge on any atom is -0.469 e. The molecule has 0 amide bonds. The lowest BCUT2D eigenvalue weighted by Crippen LogP contribution is -2.11. The number of halogens is 1. The zero-order valence-corrected chi connectivity index (χ0v) is 12.9. The summed E-state index contributed by atoms with van der Waals surface area (Å²) in [6.45, 7) is 6.18. The van der Waals surface area contributed by atoms with Gasteiger partial charge in [0, 0.05) is 29.4 Å². The highest BCUT2D eigenvalue weighted by Gasteiger charge is 2.18. The number of aromatic nitrogens is 1. The fourth-order valence-electron chi connectivity index (χ4n) is 2.74. The summed E-state index contributed by atoms with van der Waals surface area (Å²) in [6, 6.07) is 6.15. The SMILES string of the molecule is Cc1cc(C(=O)CCl)c(C)n1C(C)CCc1ccco1. The first-order valence-corrected chi connectivity index (χ1v) is 7.38. The van der Waals surface area contributed by atoms with Crippen LogP contribution >= 0.6 is 11.6 Å². The fourth-order valence-corrected chi connectivity index (χ4v) is 2.89. The van der Waals surface area contributed by atoms with E-state index < -0.39 is 0 Å². The van der Waals surface area contributed by atoms with Gasteiger partial charge >= 0.3 is 0 Å². The molecule has 0 saturated heterocycles. The quantitative estimate of drug-likeness (QED) is 0.587. The summed E-state index contributed by atoms with van der Waals surface area (Å²) in [4.78, 5) is 11.8. The number of nitrogens with zero attached hydrogens (tertiary/aromatic N) is 1. The molecule has 0 fully saturated rings. The maximum Gasteiger partial charge on any atom is 0.179 e. The van der Waals surface area contributed by atoms with Crippen molar-refractivity contribution in [3.05, 3.63) is 47.2 Å². The maximum absolute atomic E-state index is 11.8. The number of furan rings is 1. The summed E-state index contributed by atoms with van der Waals surface area (Å²) >= 11 is 5.66. The zero-order chi connectivity index (χ0) is 14.7. The molecule has 2 aromatic rings. The molecule has 2 rings (SSSR count). The van der Waals surface area contributed by atoms with Crippen molar-refractivity contribution >= 4 is 17.4 Å². The molecule has 0 saturated carbocycles. The Morgan fingerprint density at radius 1 is 1.45 bits per heavy atom. The van der Waals surface area contributed by atoms with Gasteiger partial charge in [0.05, 0.1) is 12.1 Å². The van der Waals surface area contributed by atoms with Crippen LogP contribution in [0, 0.1) is 13.8 Å². The molecule has 108 valence electrons. The second-order valence-electron chi connectivity index (χ2n) is 5.18. The summed E-state index contributed by atoms with van der Waals surface area (Å²) in [7, 11) is 0. The Hall–Kier alpha value is -1.48. The van der Waals surface area contributed by atoms with Crippen LogP contribution < -0.4 is 0 Å². The van der Waals surface area contributed by atoms with Gasteiger partial charge in [0.15, 0.2) is 5.78 Å². The van der Waals surface area contributed by atoms with Crippen molar-refractivity contribution in [1.82, 2.24) is 4.57 Å². The average molecular weight is 294 g/mol. The Balaban J connectivity index is 2.15. The number of Topliss-reactive ketones (excluding diaryl/α,β-unsaturated/α-hetero) is 1. The van der Waals surface area contributed by atoms with Gasteiger partial charge in [0.2, 0.25) is 0 Å². The molecule has 1 atom stereocenters. The summed E-state index contributed by atoms with van der Waals surface area (Å²) in [6.07, 6.45) is 3.56. The molecule has 2 aromatic heterocycles. The third-order valence-corrected chi connectivity index (χ3v) is 3.98. The number of hydrogen-bond acceptors (Lipinski definition) is 2. The highest BCUT2D eigenvalue weighted by Crippen LogP contribution is 2.24. The van der Waals surface area contributed by atoms with Crippen LogP contribution in [0.1, 0.15) is 46.9 Å². The van der Waals surface area contributed by atoms with Gasteiger partial charge in [-0.05, 0) is 45.4 Å². The van der Waals surface area contributed by atoms with Crippen molar-refractivity contribution in [3.63, 3.8) is 0 Å². The predicted octanol–water partition coefficient (Wildman–Crippen LogP) is 4.31. The van der Waals surface area contributed by atoms with E-state index in [9.17, 15) is 4.79 Å². The molecule has 0 bridgehead atoms. The standard InChI is InChI=1S/C16H20ClNO2/c1-11(6-7-14-5-4-8-20-14)18-12(2)9-15(13(18)3)16(19)10-17/h4-5,8-9,11H,6-7,10H2,1-3H3. The largest absolute Gasteiger partial charge is 0.469 e. The molecule has 0 aliphatic rings. The monoisotopic (exact) mass is 293 g/mol. The summed E-state index contributed by atoms with van der Waals surface area (Å²) in [5.74, 6) is 1.02. The van der Waals surface area contributed by atoms with E-state index in [0.29, 0.717) is 6.04 Å². The molecule has 0 spiro atoms. The third kappa shape index (κ3) is 2.98. The second kappa shape index (κ2) is 6.31. The van der Waals surface area contributed by atoms with Gasteiger partial charge < -0.3 is 8.98 Å². The molecular weight excluding hydrogens is 274 g/mol. The number of hydrogen-bond donors (Lipinski definition) is 0. The Kier molecular flexibility index (Phi) is 4.71. The summed E-state index contributed by atoms with van der Waals surface area (Å²) < 4.78 is 7.57. The van der Waals surface area contributed by atoms with Crippen molar-refractivity contribution < 1.29 is 9.21 Å². The van der Waals surface area contributed by atoms with Crippen LogP contribution in [0.3, 0.4) is 0 Å². The number of ketones is 1. The van der Waals surface area contributed by atoms with Gasteiger partial charge in [-0.3, -0.25) is 4.79 Å². The fraction of sp³-hybridized carbons (Fsp3) is 0.438. The first-order chi connectivity index (χ1) is 9.54. The van der Waals surface area contributed by atoms with Crippen LogP contribution in [-0.2, 0) is 6.42 Å². The summed E-state index contributed by atoms with van der Waals surface area (Å²) in [5.41, 5.74) is 2.84. The van der Waals surface area contributed by atoms with Crippen LogP contribution in [0.4, 0.5) is 0 Å². The number of alkyl halides is 1. The normalized spacial score (nSPS) is 12.6. The predicted molar refractivity (Wildman–Crippen MR) is 80.7 cm³/mol. The number of rotatable bonds is 6. The van der Waals surface area contributed by atoms with Crippen LogP contribution in [0.15, 0.2) is 28.9 Å². The first-order valence-electron chi connectivity index (χ1n) is 6.84. The van der Waals surface area contributed by atoms with E-state index in [-0.39, 0.29) is 11.7 Å². The minimum atomic E-state index is -0.00995. The van der Waals surface area contributed by atoms with Gasteiger partial charge in [-0.1, -0.05) is 0 Å². The van der Waals surface area contributed by atoms with E-state index >= 15 is 0 Å². The van der Waals surface area contributed by atoms with E-state index in [1.165, 1.54) is 0 Å². The summed E-state index contributed by atoms with van der Waals surface area (Å²) in [5, 5.41) is 0. The van der Waals surface area contributed by atoms with Crippen LogP contribution in [0.25, 0.3) is 0 Å². The first kappa shape index (κ1) is 14.9. The highest BCUT2D eigenvalue weighted by atomic mass is 35.5. The maximum atomic E-state index is 11.8. The van der Waals surface area contributed by atoms with Gasteiger partial charge in [-0.25, -0.2) is 0 Å². The molecule has 2 heterocycles. The number of aryl methyl sites for hydroxylation is 2. The molecule has 0 aliphatic heterocycles. The molecular formula is C16H20ClNO2. The minimum absolute atomic E-state index is 0.00995. The lowest BCUT2D eigenvalue weighted by atomic mass is 10.1. The number of carbonyl (C=O) groups excluding carboxylic acids is 1. The molecule has 3 nitrogen and oxygen atoms in total. The topological polar surface area (TPSA) is 35.1 Å². The Morgan fingerprint density at radius 3 is 2.80 bits per heavy atom. The Labute approximate surface area is 124 Å². The van der Waals surface area contributed by atoms with Crippen molar-refractivity contribution in [2.75, 3.05) is 5.88 Å². The van der Waals surface area contributed by atoms with Gasteiger partial charge in [-0.15, -0.1) is 11.6 Å². The van der Waals surface area contributed by atoms with Crippen molar-refractivity contribution in [2.45, 2.75) is 39.7 Å². The zero-order valence-electron chi connectivity index (χ0n) is 12.1. The molecule has 0 aliphatic carbocycles. The lowest BCUT2D eigenvalue weighted by Gasteiger charge is -2.18. The second-order valence-corrected chi connectivity index (χ2v) is 5.45. The van der Waals surface area contributed by atoms with Gasteiger partial charge in [-0.2, -0.15) is 0 Å². The van der Waals surface area contributed by atoms with Crippen molar-refractivity contribution in [2.24, 2.45) is 0 Å². The molecule has 20 heavy (non-hydrogen) atoms.